The number of carboxylic acid groups (broad SMARTS) is 1. The number of carbonyl (C=O) groups excluding carboxylic acids is 1. The minimum atomic E-state index is -0.774. The Balaban J connectivity index is 1.68. The number of hydrogen-bond donors (Lipinski definition) is 2. The Morgan fingerprint density at radius 1 is 1.10 bits per heavy atom. The maximum atomic E-state index is 13.0. The number of fused-ring (bicyclic) bond motifs is 1. The summed E-state index contributed by atoms with van der Waals surface area (Å²) in [6.45, 7) is 0. The zero-order chi connectivity index (χ0) is 21.1. The number of nitrogens with one attached hydrogen (secondary N) is 1. The Kier molecular flexibility index (Phi) is 5.56. The van der Waals surface area contributed by atoms with E-state index < -0.39 is 11.9 Å². The van der Waals surface area contributed by atoms with Crippen LogP contribution in [0.2, 0.25) is 0 Å². The van der Waals surface area contributed by atoms with Gasteiger partial charge in [-0.15, -0.1) is 0 Å². The summed E-state index contributed by atoms with van der Waals surface area (Å²) >= 11 is 0. The molecule has 0 spiro atoms. The lowest BCUT2D eigenvalue weighted by molar-refractivity contribution is -0.138. The molecule has 0 bridgehead atoms. The van der Waals surface area contributed by atoms with E-state index in [4.69, 9.17) is 5.11 Å². The molecule has 3 aromatic rings. The van der Waals surface area contributed by atoms with Gasteiger partial charge in [-0.05, 0) is 55.9 Å². The molecule has 8 heteroatoms. The fraction of sp³-hybridized carbons (Fsp3) is 0.318. The summed E-state index contributed by atoms with van der Waals surface area (Å²) in [5.41, 5.74) is 0.798. The number of aliphatic carboxylic acids is 1. The smallest absolute Gasteiger partial charge is 0.303 e. The fourth-order valence-electron chi connectivity index (χ4n) is 4.13. The van der Waals surface area contributed by atoms with Gasteiger partial charge in [0.25, 0.3) is 5.91 Å². The van der Waals surface area contributed by atoms with Crippen LogP contribution >= 0.6 is 0 Å². The molecule has 1 fully saturated rings. The van der Waals surface area contributed by atoms with Crippen molar-refractivity contribution in [2.45, 2.75) is 38.1 Å². The summed E-state index contributed by atoms with van der Waals surface area (Å²) in [4.78, 5) is 45.2. The highest BCUT2D eigenvalue weighted by Gasteiger charge is 2.26. The van der Waals surface area contributed by atoms with E-state index in [0.717, 1.165) is 25.7 Å². The molecule has 1 aliphatic carbocycles. The molecule has 3 aromatic heterocycles. The van der Waals surface area contributed by atoms with Gasteiger partial charge in [0.15, 0.2) is 0 Å². The molecule has 2 N–H and O–H groups in total. The van der Waals surface area contributed by atoms with Crippen molar-refractivity contribution in [3.05, 3.63) is 64.8 Å². The molecule has 154 valence electrons. The molecule has 8 nitrogen and oxygen atoms in total. The molecule has 1 saturated carbocycles. The van der Waals surface area contributed by atoms with Crippen molar-refractivity contribution in [1.29, 1.82) is 0 Å². The normalized spacial score (nSPS) is 18.8. The van der Waals surface area contributed by atoms with Crippen molar-refractivity contribution >= 4 is 28.6 Å². The van der Waals surface area contributed by atoms with Gasteiger partial charge in [0, 0.05) is 42.9 Å². The second-order valence-electron chi connectivity index (χ2n) is 7.62. The van der Waals surface area contributed by atoms with Gasteiger partial charge in [0.05, 0.1) is 5.39 Å². The van der Waals surface area contributed by atoms with E-state index in [-0.39, 0.29) is 29.4 Å². The first-order valence-corrected chi connectivity index (χ1v) is 9.96. The molecule has 4 rings (SSSR count). The number of rotatable bonds is 5. The Morgan fingerprint density at radius 2 is 1.83 bits per heavy atom. The summed E-state index contributed by atoms with van der Waals surface area (Å²) in [6.07, 6.45) is 9.65. The Hall–Kier alpha value is -3.55. The largest absolute Gasteiger partial charge is 0.481 e. The van der Waals surface area contributed by atoms with Crippen molar-refractivity contribution in [2.24, 2.45) is 5.92 Å². The van der Waals surface area contributed by atoms with E-state index in [1.807, 2.05) is 4.57 Å². The first kappa shape index (κ1) is 19.8. The molecule has 1 amide bonds. The van der Waals surface area contributed by atoms with Gasteiger partial charge in [-0.25, -0.2) is 4.98 Å². The van der Waals surface area contributed by atoms with E-state index in [0.29, 0.717) is 16.7 Å². The highest BCUT2D eigenvalue weighted by atomic mass is 16.4. The number of aromatic nitrogens is 3. The van der Waals surface area contributed by atoms with E-state index in [9.17, 15) is 14.4 Å². The number of carbonyl (C=O) groups is 2. The van der Waals surface area contributed by atoms with Crippen LogP contribution in [0.25, 0.3) is 11.0 Å². The van der Waals surface area contributed by atoms with Gasteiger partial charge in [-0.2, -0.15) is 0 Å². The second-order valence-corrected chi connectivity index (χ2v) is 7.62. The molecule has 0 aliphatic heterocycles. The van der Waals surface area contributed by atoms with Crippen LogP contribution in [-0.4, -0.2) is 31.5 Å². The molecule has 0 aromatic carbocycles. The molecule has 1 aliphatic rings. The average Bonchev–Trinajstić information content (AvgIpc) is 2.75. The lowest BCUT2D eigenvalue weighted by atomic mass is 9.84. The summed E-state index contributed by atoms with van der Waals surface area (Å²) in [6, 6.07) is 6.73. The minimum absolute atomic E-state index is 0.0555. The van der Waals surface area contributed by atoms with Gasteiger partial charge in [0.1, 0.15) is 11.2 Å². The van der Waals surface area contributed by atoms with Gasteiger partial charge in [-0.3, -0.25) is 19.4 Å². The highest BCUT2D eigenvalue weighted by Crippen LogP contribution is 2.35. The molecule has 0 atom stereocenters. The zero-order valence-electron chi connectivity index (χ0n) is 16.3. The summed E-state index contributed by atoms with van der Waals surface area (Å²) < 4.78 is 1.91. The molecule has 0 radical (unpaired) electrons. The van der Waals surface area contributed by atoms with Crippen molar-refractivity contribution in [2.75, 3.05) is 5.32 Å². The van der Waals surface area contributed by atoms with Crippen LogP contribution in [0.3, 0.4) is 0 Å². The van der Waals surface area contributed by atoms with Gasteiger partial charge in [-0.1, -0.05) is 0 Å². The minimum Gasteiger partial charge on any atom is -0.481 e. The topological polar surface area (TPSA) is 114 Å². The molecule has 30 heavy (non-hydrogen) atoms. The van der Waals surface area contributed by atoms with Crippen LogP contribution in [0, 0.1) is 5.92 Å². The number of anilines is 1. The van der Waals surface area contributed by atoms with Crippen LogP contribution in [0.5, 0.6) is 0 Å². The third-order valence-electron chi connectivity index (χ3n) is 5.64. The SMILES string of the molecule is O=C(O)C[C@H]1CC[C@@H](n2cc(C(=O)Nc3ccncc3)c(=O)c3cccnc32)CC1. The number of amides is 1. The first-order chi connectivity index (χ1) is 14.5. The van der Waals surface area contributed by atoms with E-state index >= 15 is 0 Å². The molecular formula is C22H22N4O4. The average molecular weight is 406 g/mol. The summed E-state index contributed by atoms with van der Waals surface area (Å²) in [5.74, 6) is -1.10. The standard InChI is InChI=1S/C22H22N4O4/c27-19(28)12-14-3-5-16(6-4-14)26-13-18(20(29)17-2-1-9-24-21(17)26)22(30)25-15-7-10-23-11-8-15/h1-2,7-11,13-14,16H,3-6,12H2,(H,27,28)(H,23,25,30)/t14-,16+. The molecular weight excluding hydrogens is 384 g/mol. The lowest BCUT2D eigenvalue weighted by Gasteiger charge is -2.30. The fourth-order valence-corrected chi connectivity index (χ4v) is 4.13. The predicted molar refractivity (Wildman–Crippen MR) is 111 cm³/mol. The van der Waals surface area contributed by atoms with Gasteiger partial charge in [0.2, 0.25) is 5.43 Å². The Bertz CT molecular complexity index is 1130. The van der Waals surface area contributed by atoms with Crippen LogP contribution in [-0.2, 0) is 4.79 Å². The lowest BCUT2D eigenvalue weighted by Crippen LogP contribution is -2.27. The second kappa shape index (κ2) is 8.44. The van der Waals surface area contributed by atoms with E-state index in [1.165, 1.54) is 0 Å². The quantitative estimate of drug-likeness (QED) is 0.672. The van der Waals surface area contributed by atoms with Gasteiger partial charge >= 0.3 is 5.97 Å². The summed E-state index contributed by atoms with van der Waals surface area (Å²) in [5, 5.41) is 12.2. The van der Waals surface area contributed by atoms with Crippen molar-refractivity contribution in [3.8, 4) is 0 Å². The predicted octanol–water partition coefficient (Wildman–Crippen LogP) is 3.25. The third-order valence-corrected chi connectivity index (χ3v) is 5.64. The first-order valence-electron chi connectivity index (χ1n) is 9.96. The number of pyridine rings is 3. The van der Waals surface area contributed by atoms with Crippen LogP contribution in [0.15, 0.2) is 53.8 Å². The number of hydrogen-bond acceptors (Lipinski definition) is 5. The molecule has 0 unspecified atom stereocenters. The highest BCUT2D eigenvalue weighted by molar-refractivity contribution is 6.05. The van der Waals surface area contributed by atoms with E-state index in [1.54, 1.807) is 49.1 Å². The molecule has 0 saturated heterocycles. The zero-order valence-corrected chi connectivity index (χ0v) is 16.3. The number of nitrogens with zero attached hydrogens (tertiary/aromatic N) is 3. The summed E-state index contributed by atoms with van der Waals surface area (Å²) in [7, 11) is 0. The van der Waals surface area contributed by atoms with Crippen LogP contribution in [0.1, 0.15) is 48.5 Å². The Labute approximate surface area is 172 Å². The Morgan fingerprint density at radius 3 is 2.53 bits per heavy atom. The third kappa shape index (κ3) is 4.07. The monoisotopic (exact) mass is 406 g/mol. The van der Waals surface area contributed by atoms with Gasteiger partial charge < -0.3 is 15.0 Å². The van der Waals surface area contributed by atoms with E-state index in [2.05, 4.69) is 15.3 Å². The van der Waals surface area contributed by atoms with Crippen LogP contribution in [0.4, 0.5) is 5.69 Å². The van der Waals surface area contributed by atoms with Crippen molar-refractivity contribution in [1.82, 2.24) is 14.5 Å². The van der Waals surface area contributed by atoms with Crippen LogP contribution < -0.4 is 10.7 Å². The maximum absolute atomic E-state index is 13.0. The van der Waals surface area contributed by atoms with Crippen molar-refractivity contribution < 1.29 is 14.7 Å². The number of carboxylic acids is 1. The molecule has 3 heterocycles. The van der Waals surface area contributed by atoms with Crippen molar-refractivity contribution in [3.63, 3.8) is 0 Å². The maximum Gasteiger partial charge on any atom is 0.303 e.